The third kappa shape index (κ3) is 3.25. The number of hydrogen-bond acceptors (Lipinski definition) is 5. The SMILES string of the molecule is COc1ccc(N2CN=c3sc(=Cc4ccc(Cl)cc4)c(=O)n3C2)cc1. The average molecular weight is 386 g/mol. The van der Waals surface area contributed by atoms with Crippen LogP contribution in [0, 0.1) is 0 Å². The Kier molecular flexibility index (Phi) is 4.53. The second kappa shape index (κ2) is 6.97. The fourth-order valence-corrected chi connectivity index (χ4v) is 3.87. The van der Waals surface area contributed by atoms with Gasteiger partial charge in [0.2, 0.25) is 0 Å². The molecule has 0 spiro atoms. The van der Waals surface area contributed by atoms with Crippen LogP contribution in [0.4, 0.5) is 5.69 Å². The lowest BCUT2D eigenvalue weighted by Crippen LogP contribution is -2.42. The van der Waals surface area contributed by atoms with E-state index in [1.807, 2.05) is 59.5 Å². The predicted molar refractivity (Wildman–Crippen MR) is 105 cm³/mol. The molecule has 2 heterocycles. The summed E-state index contributed by atoms with van der Waals surface area (Å²) >= 11 is 7.33. The number of benzene rings is 2. The molecule has 132 valence electrons. The van der Waals surface area contributed by atoms with Crippen LogP contribution in [0.15, 0.2) is 58.3 Å². The van der Waals surface area contributed by atoms with Crippen molar-refractivity contribution in [2.75, 3.05) is 18.7 Å². The number of fused-ring (bicyclic) bond motifs is 1. The normalized spacial score (nSPS) is 14.1. The van der Waals surface area contributed by atoms with Crippen LogP contribution in [0.5, 0.6) is 5.75 Å². The minimum Gasteiger partial charge on any atom is -0.497 e. The van der Waals surface area contributed by atoms with Crippen molar-refractivity contribution < 1.29 is 4.74 Å². The van der Waals surface area contributed by atoms with Crippen LogP contribution in [0.2, 0.25) is 5.02 Å². The molecule has 0 unspecified atom stereocenters. The van der Waals surface area contributed by atoms with Gasteiger partial charge in [0.15, 0.2) is 4.80 Å². The summed E-state index contributed by atoms with van der Waals surface area (Å²) in [6, 6.07) is 15.2. The molecule has 26 heavy (non-hydrogen) atoms. The molecule has 0 N–H and O–H groups in total. The lowest BCUT2D eigenvalue weighted by atomic mass is 10.2. The first-order chi connectivity index (χ1) is 12.6. The zero-order valence-electron chi connectivity index (χ0n) is 14.1. The summed E-state index contributed by atoms with van der Waals surface area (Å²) < 4.78 is 7.57. The van der Waals surface area contributed by atoms with E-state index in [0.29, 0.717) is 22.9 Å². The lowest BCUT2D eigenvalue weighted by molar-refractivity contribution is 0.414. The number of thiazole rings is 1. The zero-order chi connectivity index (χ0) is 18.1. The minimum atomic E-state index is -0.0260. The molecule has 3 aromatic rings. The Morgan fingerprint density at radius 2 is 1.88 bits per heavy atom. The van der Waals surface area contributed by atoms with E-state index in [9.17, 15) is 4.79 Å². The Hall–Kier alpha value is -2.57. The highest BCUT2D eigenvalue weighted by Gasteiger charge is 2.16. The van der Waals surface area contributed by atoms with E-state index >= 15 is 0 Å². The van der Waals surface area contributed by atoms with E-state index < -0.39 is 0 Å². The van der Waals surface area contributed by atoms with E-state index in [1.165, 1.54) is 11.3 Å². The molecule has 1 aliphatic rings. The molecule has 4 rings (SSSR count). The molecule has 0 fully saturated rings. The van der Waals surface area contributed by atoms with Crippen molar-refractivity contribution in [1.29, 1.82) is 0 Å². The third-order valence-corrected chi connectivity index (χ3v) is 5.48. The average Bonchev–Trinajstić information content (AvgIpc) is 2.99. The number of hydrogen-bond donors (Lipinski definition) is 0. The quantitative estimate of drug-likeness (QED) is 0.695. The summed E-state index contributed by atoms with van der Waals surface area (Å²) in [5, 5.41) is 0.675. The fourth-order valence-electron chi connectivity index (χ4n) is 2.78. The van der Waals surface area contributed by atoms with E-state index in [1.54, 1.807) is 11.7 Å². The van der Waals surface area contributed by atoms with Crippen molar-refractivity contribution in [1.82, 2.24) is 4.57 Å². The van der Waals surface area contributed by atoms with Crippen molar-refractivity contribution in [3.63, 3.8) is 0 Å². The number of anilines is 1. The number of ether oxygens (including phenoxy) is 1. The molecule has 0 saturated carbocycles. The summed E-state index contributed by atoms with van der Waals surface area (Å²) in [5.41, 5.74) is 1.92. The molecule has 5 nitrogen and oxygen atoms in total. The maximum atomic E-state index is 12.8. The highest BCUT2D eigenvalue weighted by atomic mass is 35.5. The molecule has 0 aliphatic carbocycles. The number of aromatic nitrogens is 1. The van der Waals surface area contributed by atoms with Gasteiger partial charge < -0.3 is 9.64 Å². The first-order valence-electron chi connectivity index (χ1n) is 8.04. The maximum Gasteiger partial charge on any atom is 0.271 e. The molecule has 0 bridgehead atoms. The van der Waals surface area contributed by atoms with Gasteiger partial charge in [0, 0.05) is 10.7 Å². The van der Waals surface area contributed by atoms with Gasteiger partial charge in [0.25, 0.3) is 5.56 Å². The van der Waals surface area contributed by atoms with E-state index in [4.69, 9.17) is 16.3 Å². The molecule has 7 heteroatoms. The maximum absolute atomic E-state index is 12.8. The fraction of sp³-hybridized carbons (Fsp3) is 0.158. The van der Waals surface area contributed by atoms with Crippen LogP contribution in [-0.2, 0) is 6.67 Å². The highest BCUT2D eigenvalue weighted by molar-refractivity contribution is 7.07. The van der Waals surface area contributed by atoms with Gasteiger partial charge in [0.1, 0.15) is 19.1 Å². The van der Waals surface area contributed by atoms with Crippen LogP contribution in [0.3, 0.4) is 0 Å². The number of halogens is 1. The summed E-state index contributed by atoms with van der Waals surface area (Å²) in [4.78, 5) is 20.1. The van der Waals surface area contributed by atoms with Gasteiger partial charge in [-0.2, -0.15) is 0 Å². The van der Waals surface area contributed by atoms with Gasteiger partial charge in [-0.25, -0.2) is 4.99 Å². The van der Waals surface area contributed by atoms with E-state index in [0.717, 1.165) is 21.8 Å². The van der Waals surface area contributed by atoms with Crippen molar-refractivity contribution in [3.8, 4) is 5.75 Å². The first kappa shape index (κ1) is 16.9. The molecule has 0 atom stereocenters. The number of nitrogens with zero attached hydrogens (tertiary/aromatic N) is 3. The van der Waals surface area contributed by atoms with Crippen LogP contribution < -0.4 is 24.5 Å². The Bertz CT molecular complexity index is 1100. The van der Waals surface area contributed by atoms with Gasteiger partial charge in [-0.15, -0.1) is 0 Å². The molecular weight excluding hydrogens is 370 g/mol. The molecule has 2 aromatic carbocycles. The smallest absolute Gasteiger partial charge is 0.271 e. The van der Waals surface area contributed by atoms with Gasteiger partial charge in [-0.1, -0.05) is 35.1 Å². The molecule has 1 aromatic heterocycles. The minimum absolute atomic E-state index is 0.0260. The summed E-state index contributed by atoms with van der Waals surface area (Å²) in [5.74, 6) is 0.802. The Morgan fingerprint density at radius 3 is 2.58 bits per heavy atom. The van der Waals surface area contributed by atoms with Crippen molar-refractivity contribution in [2.45, 2.75) is 6.67 Å². The third-order valence-electron chi connectivity index (χ3n) is 4.18. The monoisotopic (exact) mass is 385 g/mol. The van der Waals surface area contributed by atoms with Crippen LogP contribution in [0.25, 0.3) is 6.08 Å². The van der Waals surface area contributed by atoms with Crippen LogP contribution in [-0.4, -0.2) is 18.3 Å². The molecule has 0 amide bonds. The number of rotatable bonds is 3. The summed E-state index contributed by atoms with van der Waals surface area (Å²) in [7, 11) is 1.64. The summed E-state index contributed by atoms with van der Waals surface area (Å²) in [6.45, 7) is 1.00. The van der Waals surface area contributed by atoms with Crippen molar-refractivity contribution in [2.24, 2.45) is 4.99 Å². The first-order valence-corrected chi connectivity index (χ1v) is 9.24. The Morgan fingerprint density at radius 1 is 1.15 bits per heavy atom. The van der Waals surface area contributed by atoms with Gasteiger partial charge in [0.05, 0.1) is 11.6 Å². The van der Waals surface area contributed by atoms with Crippen LogP contribution >= 0.6 is 22.9 Å². The van der Waals surface area contributed by atoms with Crippen LogP contribution in [0.1, 0.15) is 5.56 Å². The van der Waals surface area contributed by atoms with Gasteiger partial charge in [-0.05, 0) is 48.0 Å². The van der Waals surface area contributed by atoms with Gasteiger partial charge in [-0.3, -0.25) is 9.36 Å². The summed E-state index contributed by atoms with van der Waals surface area (Å²) in [6.07, 6.45) is 1.88. The topological polar surface area (TPSA) is 46.8 Å². The molecule has 0 saturated heterocycles. The standard InChI is InChI=1S/C19H16ClN3O2S/c1-25-16-8-6-15(7-9-16)22-11-21-19-23(12-22)18(24)17(26-19)10-13-2-4-14(20)5-3-13/h2-10H,11-12H2,1H3. The Labute approximate surface area is 159 Å². The zero-order valence-corrected chi connectivity index (χ0v) is 15.6. The van der Waals surface area contributed by atoms with Gasteiger partial charge >= 0.3 is 0 Å². The molecule has 1 aliphatic heterocycles. The predicted octanol–water partition coefficient (Wildman–Crippen LogP) is 2.46. The Balaban J connectivity index is 1.67. The van der Waals surface area contributed by atoms with Crippen molar-refractivity contribution in [3.05, 3.63) is 78.8 Å². The van der Waals surface area contributed by atoms with E-state index in [-0.39, 0.29) is 5.56 Å². The second-order valence-electron chi connectivity index (χ2n) is 5.86. The largest absolute Gasteiger partial charge is 0.497 e. The highest BCUT2D eigenvalue weighted by Crippen LogP contribution is 2.20. The second-order valence-corrected chi connectivity index (χ2v) is 7.30. The molecular formula is C19H16ClN3O2S. The van der Waals surface area contributed by atoms with E-state index in [2.05, 4.69) is 4.99 Å². The molecule has 0 radical (unpaired) electrons. The van der Waals surface area contributed by atoms with Crippen molar-refractivity contribution >= 4 is 34.7 Å². The lowest BCUT2D eigenvalue weighted by Gasteiger charge is -2.25. The number of methoxy groups -OCH3 is 1.